The second-order valence-electron chi connectivity index (χ2n) is 3.73. The minimum absolute atomic E-state index is 0.0559. The molecule has 0 saturated carbocycles. The van der Waals surface area contributed by atoms with Crippen LogP contribution in [0.15, 0.2) is 33.6 Å². The first kappa shape index (κ1) is 14.4. The molecule has 0 N–H and O–H groups in total. The fraction of sp³-hybridized carbons (Fsp3) is 0.273. The summed E-state index contributed by atoms with van der Waals surface area (Å²) in [6.45, 7) is 2.18. The second-order valence-corrected chi connectivity index (χ2v) is 6.71. The molecule has 1 amide bonds. The first-order valence-electron chi connectivity index (χ1n) is 5.48. The number of carbonyl (C=O) groups is 1. The Bertz CT molecular complexity index is 626. The maximum atomic E-state index is 12.1. The Morgan fingerprint density at radius 2 is 2.00 bits per heavy atom. The van der Waals surface area contributed by atoms with Crippen molar-refractivity contribution in [1.29, 1.82) is 0 Å². The van der Waals surface area contributed by atoms with E-state index in [2.05, 4.69) is 4.40 Å². The van der Waals surface area contributed by atoms with Crippen LogP contribution in [-0.2, 0) is 14.8 Å². The van der Waals surface area contributed by atoms with Crippen LogP contribution in [0.1, 0.15) is 6.92 Å². The van der Waals surface area contributed by atoms with Gasteiger partial charge in [-0.1, -0.05) is 23.4 Å². The number of amidine groups is 1. The van der Waals surface area contributed by atoms with Gasteiger partial charge < -0.3 is 0 Å². The summed E-state index contributed by atoms with van der Waals surface area (Å²) in [5.74, 6) is 0.0977. The van der Waals surface area contributed by atoms with Gasteiger partial charge in [0.1, 0.15) is 0 Å². The van der Waals surface area contributed by atoms with E-state index in [1.807, 2.05) is 0 Å². The van der Waals surface area contributed by atoms with Crippen molar-refractivity contribution in [2.45, 2.75) is 11.8 Å². The van der Waals surface area contributed by atoms with E-state index in [4.69, 9.17) is 11.6 Å². The number of amides is 1. The van der Waals surface area contributed by atoms with E-state index in [1.165, 1.54) is 29.2 Å². The lowest BCUT2D eigenvalue weighted by atomic mass is 10.4. The molecule has 2 rings (SSSR count). The van der Waals surface area contributed by atoms with Gasteiger partial charge in [0.25, 0.3) is 10.0 Å². The first-order valence-corrected chi connectivity index (χ1v) is 8.28. The van der Waals surface area contributed by atoms with Gasteiger partial charge >= 0.3 is 0 Å². The minimum Gasteiger partial charge on any atom is -0.290 e. The molecule has 0 aliphatic carbocycles. The van der Waals surface area contributed by atoms with Crippen molar-refractivity contribution in [3.05, 3.63) is 29.3 Å². The zero-order valence-electron chi connectivity index (χ0n) is 10.0. The average molecular weight is 319 g/mol. The largest absolute Gasteiger partial charge is 0.290 e. The molecule has 1 aliphatic rings. The second kappa shape index (κ2) is 5.52. The lowest BCUT2D eigenvalue weighted by molar-refractivity contribution is -0.123. The van der Waals surface area contributed by atoms with E-state index in [0.29, 0.717) is 11.6 Å². The Balaban J connectivity index is 2.36. The maximum Gasteiger partial charge on any atom is 0.284 e. The minimum atomic E-state index is -3.81. The van der Waals surface area contributed by atoms with Gasteiger partial charge in [0.2, 0.25) is 5.91 Å². The Hall–Kier alpha value is -1.05. The van der Waals surface area contributed by atoms with Crippen LogP contribution in [0.2, 0.25) is 5.02 Å². The zero-order chi connectivity index (χ0) is 14.0. The number of rotatable bonds is 3. The summed E-state index contributed by atoms with van der Waals surface area (Å²) in [6.07, 6.45) is 0. The smallest absolute Gasteiger partial charge is 0.284 e. The number of thioether (sulfide) groups is 1. The maximum absolute atomic E-state index is 12.1. The van der Waals surface area contributed by atoms with E-state index in [1.54, 1.807) is 6.92 Å². The number of benzene rings is 1. The molecular weight excluding hydrogens is 308 g/mol. The summed E-state index contributed by atoms with van der Waals surface area (Å²) in [6, 6.07) is 5.75. The van der Waals surface area contributed by atoms with Crippen LogP contribution in [0.25, 0.3) is 0 Å². The number of hydrogen-bond donors (Lipinski definition) is 0. The van der Waals surface area contributed by atoms with Gasteiger partial charge in [-0.05, 0) is 31.2 Å². The van der Waals surface area contributed by atoms with Gasteiger partial charge in [0.15, 0.2) is 5.17 Å². The lowest BCUT2D eigenvalue weighted by Crippen LogP contribution is -2.29. The summed E-state index contributed by atoms with van der Waals surface area (Å²) in [5.41, 5.74) is 0. The number of hydrogen-bond acceptors (Lipinski definition) is 4. The summed E-state index contributed by atoms with van der Waals surface area (Å²) >= 11 is 6.84. The number of halogens is 1. The third kappa shape index (κ3) is 3.10. The third-order valence-electron chi connectivity index (χ3n) is 2.48. The van der Waals surface area contributed by atoms with Crippen molar-refractivity contribution in [3.8, 4) is 0 Å². The highest BCUT2D eigenvalue weighted by molar-refractivity contribution is 8.15. The van der Waals surface area contributed by atoms with Crippen molar-refractivity contribution in [1.82, 2.24) is 4.90 Å². The predicted octanol–water partition coefficient (Wildman–Crippen LogP) is 1.98. The summed E-state index contributed by atoms with van der Waals surface area (Å²) in [5, 5.41) is 0.676. The molecule has 0 radical (unpaired) electrons. The molecule has 8 heteroatoms. The fourth-order valence-electron chi connectivity index (χ4n) is 1.54. The molecule has 19 heavy (non-hydrogen) atoms. The van der Waals surface area contributed by atoms with Crippen LogP contribution < -0.4 is 0 Å². The first-order chi connectivity index (χ1) is 8.94. The van der Waals surface area contributed by atoms with E-state index in [-0.39, 0.29) is 21.7 Å². The van der Waals surface area contributed by atoms with Gasteiger partial charge in [-0.2, -0.15) is 8.42 Å². The standard InChI is InChI=1S/C11H11ClN2O3S2/c1-2-14-10(15)7-18-11(14)13-19(16,17)9-5-3-8(12)4-6-9/h3-6H,2,7H2,1H3/b13-11-. The molecule has 0 atom stereocenters. The van der Waals surface area contributed by atoms with Crippen molar-refractivity contribution < 1.29 is 13.2 Å². The highest BCUT2D eigenvalue weighted by Gasteiger charge is 2.29. The third-order valence-corrected chi connectivity index (χ3v) is 5.09. The van der Waals surface area contributed by atoms with Gasteiger partial charge in [-0.3, -0.25) is 9.69 Å². The summed E-state index contributed by atoms with van der Waals surface area (Å²) < 4.78 is 27.9. The van der Waals surface area contributed by atoms with E-state index < -0.39 is 10.0 Å². The van der Waals surface area contributed by atoms with Gasteiger partial charge in [-0.15, -0.1) is 4.40 Å². The van der Waals surface area contributed by atoms with Crippen LogP contribution in [0, 0.1) is 0 Å². The predicted molar refractivity (Wildman–Crippen MR) is 75.9 cm³/mol. The van der Waals surface area contributed by atoms with Crippen LogP contribution >= 0.6 is 23.4 Å². The Kier molecular flexibility index (Phi) is 4.17. The Labute approximate surface area is 120 Å². The Morgan fingerprint density at radius 3 is 2.58 bits per heavy atom. The lowest BCUT2D eigenvalue weighted by Gasteiger charge is -2.12. The molecule has 0 unspecified atom stereocenters. The van der Waals surface area contributed by atoms with Gasteiger partial charge in [-0.25, -0.2) is 0 Å². The summed E-state index contributed by atoms with van der Waals surface area (Å²) in [7, 11) is -3.81. The van der Waals surface area contributed by atoms with Gasteiger partial charge in [0, 0.05) is 11.6 Å². The van der Waals surface area contributed by atoms with Crippen molar-refractivity contribution in [2.75, 3.05) is 12.3 Å². The quantitative estimate of drug-likeness (QED) is 0.854. The number of carbonyl (C=O) groups excluding carboxylic acids is 1. The molecular formula is C11H11ClN2O3S2. The van der Waals surface area contributed by atoms with Crippen LogP contribution in [0.4, 0.5) is 0 Å². The molecule has 1 saturated heterocycles. The monoisotopic (exact) mass is 318 g/mol. The van der Waals surface area contributed by atoms with Crippen LogP contribution in [0.5, 0.6) is 0 Å². The molecule has 102 valence electrons. The molecule has 1 aromatic carbocycles. The zero-order valence-corrected chi connectivity index (χ0v) is 12.4. The molecule has 0 bridgehead atoms. The van der Waals surface area contributed by atoms with Crippen molar-refractivity contribution >= 4 is 44.5 Å². The van der Waals surface area contributed by atoms with Crippen molar-refractivity contribution in [3.63, 3.8) is 0 Å². The molecule has 1 aliphatic heterocycles. The molecule has 1 heterocycles. The molecule has 5 nitrogen and oxygen atoms in total. The SMILES string of the molecule is CCN1C(=O)CS/C1=N\S(=O)(=O)c1ccc(Cl)cc1. The Morgan fingerprint density at radius 1 is 1.37 bits per heavy atom. The topological polar surface area (TPSA) is 66.8 Å². The van der Waals surface area contributed by atoms with E-state index in [0.717, 1.165) is 11.8 Å². The molecule has 1 fully saturated rings. The number of nitrogens with zero attached hydrogens (tertiary/aromatic N) is 2. The normalized spacial score (nSPS) is 18.3. The average Bonchev–Trinajstić information content (AvgIpc) is 2.69. The highest BCUT2D eigenvalue weighted by atomic mass is 35.5. The van der Waals surface area contributed by atoms with Crippen molar-refractivity contribution in [2.24, 2.45) is 4.40 Å². The van der Waals surface area contributed by atoms with E-state index in [9.17, 15) is 13.2 Å². The van der Waals surface area contributed by atoms with Gasteiger partial charge in [0.05, 0.1) is 10.6 Å². The van der Waals surface area contributed by atoms with E-state index >= 15 is 0 Å². The van der Waals surface area contributed by atoms with Crippen LogP contribution in [0.3, 0.4) is 0 Å². The molecule has 0 aromatic heterocycles. The molecule has 0 spiro atoms. The number of sulfonamides is 1. The fourth-order valence-corrected chi connectivity index (χ4v) is 3.85. The summed E-state index contributed by atoms with van der Waals surface area (Å²) in [4.78, 5) is 12.9. The molecule has 1 aromatic rings. The van der Waals surface area contributed by atoms with Crippen LogP contribution in [-0.4, -0.2) is 36.7 Å². The highest BCUT2D eigenvalue weighted by Crippen LogP contribution is 2.23.